The second-order valence-electron chi connectivity index (χ2n) is 5.66. The molecule has 0 spiro atoms. The monoisotopic (exact) mass is 338 g/mol. The number of fused-ring (bicyclic) bond motifs is 1. The summed E-state index contributed by atoms with van der Waals surface area (Å²) in [4.78, 5) is 30.2. The molecule has 1 aliphatic rings. The van der Waals surface area contributed by atoms with Gasteiger partial charge in [0, 0.05) is 17.3 Å². The van der Waals surface area contributed by atoms with Crippen LogP contribution in [0.4, 0.5) is 0 Å². The number of esters is 1. The third kappa shape index (κ3) is 3.57. The molecule has 1 aromatic carbocycles. The highest BCUT2D eigenvalue weighted by Crippen LogP contribution is 2.38. The molecule has 0 amide bonds. The Morgan fingerprint density at radius 2 is 2.00 bits per heavy atom. The highest BCUT2D eigenvalue weighted by Gasteiger charge is 2.30. The van der Waals surface area contributed by atoms with Gasteiger partial charge in [-0.05, 0) is 37.3 Å². The number of hydrogen-bond acceptors (Lipinski definition) is 5. The predicted molar refractivity (Wildman–Crippen MR) is 89.6 cm³/mol. The average Bonchev–Trinajstić information content (AvgIpc) is 2.89. The van der Waals surface area contributed by atoms with E-state index in [1.165, 1.54) is 0 Å². The first-order chi connectivity index (χ1) is 10.9. The zero-order valence-corrected chi connectivity index (χ0v) is 14.6. The van der Waals surface area contributed by atoms with E-state index in [1.807, 2.05) is 26.8 Å². The summed E-state index contributed by atoms with van der Waals surface area (Å²) in [7, 11) is -1.97. The van der Waals surface area contributed by atoms with Gasteiger partial charge in [-0.2, -0.15) is 0 Å². The van der Waals surface area contributed by atoms with Crippen molar-refractivity contribution in [2.45, 2.75) is 46.6 Å². The molecule has 0 aromatic heterocycles. The minimum atomic E-state index is -1.97. The molecular weight excluding hydrogens is 315 g/mol. The van der Waals surface area contributed by atoms with Crippen molar-refractivity contribution in [3.8, 4) is 5.75 Å². The fourth-order valence-corrected chi connectivity index (χ4v) is 3.81. The Bertz CT molecular complexity index is 649. The summed E-state index contributed by atoms with van der Waals surface area (Å²) in [6.45, 7) is 6.14. The van der Waals surface area contributed by atoms with Crippen molar-refractivity contribution in [3.05, 3.63) is 39.5 Å². The van der Waals surface area contributed by atoms with E-state index in [2.05, 4.69) is 0 Å². The molecule has 0 radical (unpaired) electrons. The first-order valence-corrected chi connectivity index (χ1v) is 9.20. The van der Waals surface area contributed by atoms with E-state index < -0.39 is 14.3 Å². The minimum Gasteiger partial charge on any atom is -0.507 e. The summed E-state index contributed by atoms with van der Waals surface area (Å²) in [5.41, 5.74) is 4.76. The molecule has 126 valence electrons. The maximum atomic E-state index is 11.9. The second-order valence-corrected chi connectivity index (χ2v) is 6.73. The molecule has 2 rings (SSSR count). The van der Waals surface area contributed by atoms with Crippen LogP contribution in [0.5, 0.6) is 5.75 Å². The van der Waals surface area contributed by atoms with Crippen molar-refractivity contribution in [1.82, 2.24) is 0 Å². The zero-order valence-electron chi connectivity index (χ0n) is 13.7. The van der Waals surface area contributed by atoms with Crippen LogP contribution in [-0.2, 0) is 24.2 Å². The van der Waals surface area contributed by atoms with Crippen LogP contribution < -0.4 is 0 Å². The van der Waals surface area contributed by atoms with Crippen molar-refractivity contribution in [1.29, 1.82) is 0 Å². The van der Waals surface area contributed by atoms with Crippen LogP contribution in [-0.4, -0.2) is 27.0 Å². The number of phenolic OH excluding ortho intramolecular Hbond substituents is 1. The van der Waals surface area contributed by atoms with Gasteiger partial charge in [0.25, 0.3) is 0 Å². The van der Waals surface area contributed by atoms with Gasteiger partial charge in [-0.1, -0.05) is 25.5 Å². The smallest absolute Gasteiger partial charge is 0.342 e. The number of phenols is 1. The molecule has 3 N–H and O–H groups in total. The number of carbonyl (C=O) groups is 1. The fraction of sp³-hybridized carbons (Fsp3) is 0.471. The van der Waals surface area contributed by atoms with Crippen LogP contribution in [0.2, 0.25) is 0 Å². The van der Waals surface area contributed by atoms with Crippen LogP contribution in [0.1, 0.15) is 52.9 Å². The first-order valence-electron chi connectivity index (χ1n) is 7.77. The van der Waals surface area contributed by atoms with Crippen molar-refractivity contribution in [3.63, 3.8) is 0 Å². The second kappa shape index (κ2) is 7.43. The SMILES string of the molecule is CC/C(=C\Cc1c(O)c2c(c(C)c1CC)COC2=O)CP(O)O. The lowest BCUT2D eigenvalue weighted by Crippen LogP contribution is -2.05. The van der Waals surface area contributed by atoms with E-state index in [0.717, 1.165) is 34.2 Å². The number of benzene rings is 1. The highest BCUT2D eigenvalue weighted by molar-refractivity contribution is 7.45. The lowest BCUT2D eigenvalue weighted by atomic mass is 9.89. The van der Waals surface area contributed by atoms with Crippen molar-refractivity contribution in [2.24, 2.45) is 0 Å². The van der Waals surface area contributed by atoms with E-state index in [-0.39, 0.29) is 24.1 Å². The van der Waals surface area contributed by atoms with E-state index in [0.29, 0.717) is 12.8 Å². The number of ether oxygens (including phenoxy) is 1. The maximum Gasteiger partial charge on any atom is 0.342 e. The molecule has 1 heterocycles. The topological polar surface area (TPSA) is 87.0 Å². The van der Waals surface area contributed by atoms with E-state index in [9.17, 15) is 19.7 Å². The quantitative estimate of drug-likeness (QED) is 0.421. The van der Waals surface area contributed by atoms with Gasteiger partial charge >= 0.3 is 5.97 Å². The molecule has 0 fully saturated rings. The number of rotatable bonds is 6. The van der Waals surface area contributed by atoms with Gasteiger partial charge in [0.1, 0.15) is 17.9 Å². The van der Waals surface area contributed by atoms with Crippen LogP contribution in [0, 0.1) is 6.92 Å². The van der Waals surface area contributed by atoms with Crippen LogP contribution in [0.25, 0.3) is 0 Å². The number of hydrogen-bond donors (Lipinski definition) is 3. The molecule has 0 saturated carbocycles. The van der Waals surface area contributed by atoms with Crippen molar-refractivity contribution >= 4 is 14.3 Å². The van der Waals surface area contributed by atoms with E-state index >= 15 is 0 Å². The highest BCUT2D eigenvalue weighted by atomic mass is 31.2. The molecule has 1 aromatic rings. The molecule has 0 saturated heterocycles. The first kappa shape index (κ1) is 17.9. The standard InChI is InChI=1S/C17H23O5P/c1-4-11(9-23(20)21)6-7-13-12(5-2)10(3)14-8-22-17(19)15(14)16(13)18/h6,18,20-21H,4-5,7-9H2,1-3H3/b11-6+. The third-order valence-electron chi connectivity index (χ3n) is 4.39. The van der Waals surface area contributed by atoms with Gasteiger partial charge in [0.05, 0.1) is 0 Å². The van der Waals surface area contributed by atoms with Crippen LogP contribution in [0.3, 0.4) is 0 Å². The Kier molecular flexibility index (Phi) is 5.79. The molecule has 0 atom stereocenters. The summed E-state index contributed by atoms with van der Waals surface area (Å²) in [5, 5.41) is 10.6. The summed E-state index contributed by atoms with van der Waals surface area (Å²) in [5.74, 6) is -0.467. The van der Waals surface area contributed by atoms with Crippen molar-refractivity contribution < 1.29 is 24.4 Å². The number of allylic oxidation sites excluding steroid dienone is 2. The van der Waals surface area contributed by atoms with Gasteiger partial charge in [-0.25, -0.2) is 4.79 Å². The largest absolute Gasteiger partial charge is 0.507 e. The molecule has 6 heteroatoms. The normalized spacial score (nSPS) is 14.3. The maximum absolute atomic E-state index is 11.9. The summed E-state index contributed by atoms with van der Waals surface area (Å²) < 4.78 is 5.06. The third-order valence-corrected chi connectivity index (χ3v) is 5.08. The molecular formula is C17H23O5P. The predicted octanol–water partition coefficient (Wildman–Crippen LogP) is 3.11. The Morgan fingerprint density at radius 1 is 1.30 bits per heavy atom. The average molecular weight is 338 g/mol. The lowest BCUT2D eigenvalue weighted by molar-refractivity contribution is 0.0533. The number of aromatic hydroxyl groups is 1. The van der Waals surface area contributed by atoms with E-state index in [1.54, 1.807) is 0 Å². The van der Waals surface area contributed by atoms with Gasteiger partial charge in [-0.3, -0.25) is 0 Å². The van der Waals surface area contributed by atoms with Crippen molar-refractivity contribution in [2.75, 3.05) is 6.16 Å². The molecule has 0 aliphatic carbocycles. The number of cyclic esters (lactones) is 1. The van der Waals surface area contributed by atoms with E-state index in [4.69, 9.17) is 4.74 Å². The van der Waals surface area contributed by atoms with Gasteiger partial charge in [-0.15, -0.1) is 0 Å². The number of carbonyl (C=O) groups excluding carboxylic acids is 1. The summed E-state index contributed by atoms with van der Waals surface area (Å²) in [6.07, 6.45) is 4.09. The summed E-state index contributed by atoms with van der Waals surface area (Å²) >= 11 is 0. The molecule has 5 nitrogen and oxygen atoms in total. The minimum absolute atomic E-state index is 0.00640. The Balaban J connectivity index is 2.46. The van der Waals surface area contributed by atoms with Gasteiger partial charge < -0.3 is 19.6 Å². The molecule has 0 unspecified atom stereocenters. The lowest BCUT2D eigenvalue weighted by Gasteiger charge is -2.16. The molecule has 1 aliphatic heterocycles. The fourth-order valence-electron chi connectivity index (χ4n) is 3.09. The Morgan fingerprint density at radius 3 is 2.57 bits per heavy atom. The Hall–Kier alpha value is -1.42. The van der Waals surface area contributed by atoms with Crippen LogP contribution >= 0.6 is 8.38 Å². The zero-order chi connectivity index (χ0) is 17.1. The molecule has 23 heavy (non-hydrogen) atoms. The van der Waals surface area contributed by atoms with Gasteiger partial charge in [0.15, 0.2) is 8.38 Å². The van der Waals surface area contributed by atoms with Gasteiger partial charge in [0.2, 0.25) is 0 Å². The Labute approximate surface area is 137 Å². The molecule has 0 bridgehead atoms. The summed E-state index contributed by atoms with van der Waals surface area (Å²) in [6, 6.07) is 0. The van der Waals surface area contributed by atoms with Crippen LogP contribution in [0.15, 0.2) is 11.6 Å².